The molecule has 1 aliphatic rings. The van der Waals surface area contributed by atoms with Gasteiger partial charge in [0.1, 0.15) is 24.2 Å². The molecule has 118 valence electrons. The van der Waals surface area contributed by atoms with Crippen LogP contribution in [0.15, 0.2) is 18.2 Å². The van der Waals surface area contributed by atoms with Crippen molar-refractivity contribution in [2.24, 2.45) is 0 Å². The van der Waals surface area contributed by atoms with E-state index in [2.05, 4.69) is 5.32 Å². The van der Waals surface area contributed by atoms with Crippen molar-refractivity contribution in [3.8, 4) is 5.75 Å². The highest BCUT2D eigenvalue weighted by Crippen LogP contribution is 2.40. The molecule has 0 amide bonds. The molecule has 0 radical (unpaired) electrons. The molecule has 1 saturated heterocycles. The SMILES string of the molecule is COc1ccc(F)cc1[C@H](N1CCNCC1)C(F)(F)CO. The number of hydrogen-bond donors (Lipinski definition) is 2. The average Bonchev–Trinajstić information content (AvgIpc) is 2.48. The molecule has 1 atom stereocenters. The number of benzene rings is 1. The number of aliphatic hydroxyl groups excluding tert-OH is 1. The highest BCUT2D eigenvalue weighted by Gasteiger charge is 2.45. The summed E-state index contributed by atoms with van der Waals surface area (Å²) in [6.45, 7) is 0.604. The molecule has 0 spiro atoms. The number of aliphatic hydroxyl groups is 1. The van der Waals surface area contributed by atoms with Crippen LogP contribution in [-0.4, -0.2) is 55.8 Å². The Labute approximate surface area is 121 Å². The molecule has 1 heterocycles. The van der Waals surface area contributed by atoms with Gasteiger partial charge in [-0.05, 0) is 18.2 Å². The van der Waals surface area contributed by atoms with Gasteiger partial charge in [-0.1, -0.05) is 0 Å². The van der Waals surface area contributed by atoms with Crippen LogP contribution in [0.5, 0.6) is 5.75 Å². The number of alkyl halides is 2. The Morgan fingerprint density at radius 2 is 2.05 bits per heavy atom. The van der Waals surface area contributed by atoms with Crippen LogP contribution in [0.4, 0.5) is 13.2 Å². The van der Waals surface area contributed by atoms with Crippen LogP contribution < -0.4 is 10.1 Å². The summed E-state index contributed by atoms with van der Waals surface area (Å²) in [7, 11) is 1.35. The maximum atomic E-state index is 14.2. The van der Waals surface area contributed by atoms with E-state index in [4.69, 9.17) is 9.84 Å². The number of hydrogen-bond acceptors (Lipinski definition) is 4. The van der Waals surface area contributed by atoms with Crippen molar-refractivity contribution in [3.63, 3.8) is 0 Å². The summed E-state index contributed by atoms with van der Waals surface area (Å²) in [6.07, 6.45) is 0. The number of ether oxygens (including phenoxy) is 1. The third kappa shape index (κ3) is 3.48. The summed E-state index contributed by atoms with van der Waals surface area (Å²) in [4.78, 5) is 1.55. The quantitative estimate of drug-likeness (QED) is 0.863. The van der Waals surface area contributed by atoms with E-state index in [0.29, 0.717) is 26.2 Å². The molecular weight excluding hydrogens is 285 g/mol. The molecular formula is C14H19F3N2O2. The van der Waals surface area contributed by atoms with Crippen molar-refractivity contribution in [2.45, 2.75) is 12.0 Å². The molecule has 2 N–H and O–H groups in total. The predicted molar refractivity (Wildman–Crippen MR) is 72.2 cm³/mol. The normalized spacial score (nSPS) is 18.5. The van der Waals surface area contributed by atoms with Crippen molar-refractivity contribution in [1.29, 1.82) is 0 Å². The highest BCUT2D eigenvalue weighted by atomic mass is 19.3. The van der Waals surface area contributed by atoms with Gasteiger partial charge in [-0.2, -0.15) is 0 Å². The van der Waals surface area contributed by atoms with E-state index >= 15 is 0 Å². The summed E-state index contributed by atoms with van der Waals surface area (Å²) < 4.78 is 47.1. The largest absolute Gasteiger partial charge is 0.496 e. The second kappa shape index (κ2) is 6.64. The van der Waals surface area contributed by atoms with Gasteiger partial charge in [-0.25, -0.2) is 13.2 Å². The van der Waals surface area contributed by atoms with E-state index in [-0.39, 0.29) is 11.3 Å². The van der Waals surface area contributed by atoms with Gasteiger partial charge in [0, 0.05) is 31.7 Å². The Morgan fingerprint density at radius 1 is 1.38 bits per heavy atom. The van der Waals surface area contributed by atoms with Crippen LogP contribution in [0.25, 0.3) is 0 Å². The standard InChI is InChI=1S/C14H19F3N2O2/c1-21-12-3-2-10(15)8-11(12)13(14(16,17)9-20)19-6-4-18-5-7-19/h2-3,8,13,18,20H,4-7,9H2,1H3/t13-/m0/s1. The number of nitrogens with one attached hydrogen (secondary N) is 1. The Hall–Kier alpha value is -1.31. The monoisotopic (exact) mass is 304 g/mol. The lowest BCUT2D eigenvalue weighted by atomic mass is 9.97. The lowest BCUT2D eigenvalue weighted by Gasteiger charge is -2.39. The minimum Gasteiger partial charge on any atom is -0.496 e. The minimum atomic E-state index is -3.39. The zero-order chi connectivity index (χ0) is 15.5. The minimum absolute atomic E-state index is 0.0541. The van der Waals surface area contributed by atoms with Crippen molar-refractivity contribution >= 4 is 0 Å². The topological polar surface area (TPSA) is 44.7 Å². The number of nitrogens with zero attached hydrogens (tertiary/aromatic N) is 1. The molecule has 0 aromatic heterocycles. The fraction of sp³-hybridized carbons (Fsp3) is 0.571. The van der Waals surface area contributed by atoms with E-state index in [9.17, 15) is 13.2 Å². The van der Waals surface area contributed by atoms with Crippen LogP contribution in [-0.2, 0) is 0 Å². The van der Waals surface area contributed by atoms with E-state index < -0.39 is 24.4 Å². The molecule has 7 heteroatoms. The van der Waals surface area contributed by atoms with Crippen LogP contribution in [0.1, 0.15) is 11.6 Å². The first-order valence-electron chi connectivity index (χ1n) is 6.76. The molecule has 0 unspecified atom stereocenters. The summed E-state index contributed by atoms with van der Waals surface area (Å²) in [5, 5.41) is 12.1. The van der Waals surface area contributed by atoms with Gasteiger partial charge in [0.2, 0.25) is 0 Å². The molecule has 1 aromatic carbocycles. The molecule has 0 saturated carbocycles. The van der Waals surface area contributed by atoms with Crippen molar-refractivity contribution in [2.75, 3.05) is 39.9 Å². The molecule has 1 aromatic rings. The number of halogens is 3. The fourth-order valence-electron chi connectivity index (χ4n) is 2.64. The van der Waals surface area contributed by atoms with Crippen LogP contribution in [0.3, 0.4) is 0 Å². The third-order valence-corrected chi connectivity index (χ3v) is 3.61. The van der Waals surface area contributed by atoms with Crippen LogP contribution in [0, 0.1) is 5.82 Å². The van der Waals surface area contributed by atoms with Gasteiger partial charge in [-0.3, -0.25) is 4.90 Å². The van der Waals surface area contributed by atoms with Crippen molar-refractivity contribution < 1.29 is 23.0 Å². The molecule has 1 aliphatic heterocycles. The van der Waals surface area contributed by atoms with Gasteiger partial charge in [-0.15, -0.1) is 0 Å². The molecule has 4 nitrogen and oxygen atoms in total. The van der Waals surface area contributed by atoms with Gasteiger partial charge < -0.3 is 15.2 Å². The third-order valence-electron chi connectivity index (χ3n) is 3.61. The molecule has 1 fully saturated rings. The van der Waals surface area contributed by atoms with Crippen LogP contribution in [0.2, 0.25) is 0 Å². The molecule has 0 bridgehead atoms. The van der Waals surface area contributed by atoms with Gasteiger partial charge >= 0.3 is 0 Å². The number of methoxy groups -OCH3 is 1. The Kier molecular flexibility index (Phi) is 5.08. The lowest BCUT2D eigenvalue weighted by molar-refractivity contribution is -0.119. The first-order chi connectivity index (χ1) is 9.99. The average molecular weight is 304 g/mol. The Morgan fingerprint density at radius 3 is 2.62 bits per heavy atom. The number of piperazine rings is 1. The highest BCUT2D eigenvalue weighted by molar-refractivity contribution is 5.38. The molecule has 0 aliphatic carbocycles. The summed E-state index contributed by atoms with van der Waals surface area (Å²) in [5.41, 5.74) is 0.0541. The second-order valence-corrected chi connectivity index (χ2v) is 4.99. The van der Waals surface area contributed by atoms with E-state index in [1.807, 2.05) is 0 Å². The Balaban J connectivity index is 2.46. The maximum absolute atomic E-state index is 14.2. The Bertz CT molecular complexity index is 479. The molecule has 2 rings (SSSR count). The van der Waals surface area contributed by atoms with Gasteiger partial charge in [0.15, 0.2) is 0 Å². The van der Waals surface area contributed by atoms with Gasteiger partial charge in [0.25, 0.3) is 5.92 Å². The zero-order valence-electron chi connectivity index (χ0n) is 11.8. The van der Waals surface area contributed by atoms with E-state index in [0.717, 1.165) is 12.1 Å². The first-order valence-corrected chi connectivity index (χ1v) is 6.76. The zero-order valence-corrected chi connectivity index (χ0v) is 11.8. The fourth-order valence-corrected chi connectivity index (χ4v) is 2.64. The smallest absolute Gasteiger partial charge is 0.290 e. The van der Waals surface area contributed by atoms with Crippen molar-refractivity contribution in [1.82, 2.24) is 10.2 Å². The molecule has 21 heavy (non-hydrogen) atoms. The summed E-state index contributed by atoms with van der Waals surface area (Å²) in [6, 6.07) is 2.12. The van der Waals surface area contributed by atoms with Gasteiger partial charge in [0.05, 0.1) is 7.11 Å². The number of rotatable bonds is 5. The van der Waals surface area contributed by atoms with E-state index in [1.54, 1.807) is 4.90 Å². The first kappa shape index (κ1) is 16.1. The summed E-state index contributed by atoms with van der Waals surface area (Å²) >= 11 is 0. The lowest BCUT2D eigenvalue weighted by Crippen LogP contribution is -2.51. The second-order valence-electron chi connectivity index (χ2n) is 4.99. The summed E-state index contributed by atoms with van der Waals surface area (Å²) in [5.74, 6) is -3.81. The van der Waals surface area contributed by atoms with Crippen LogP contribution >= 0.6 is 0 Å². The van der Waals surface area contributed by atoms with E-state index in [1.165, 1.54) is 13.2 Å². The maximum Gasteiger partial charge on any atom is 0.290 e. The van der Waals surface area contributed by atoms with Crippen molar-refractivity contribution in [3.05, 3.63) is 29.6 Å². The predicted octanol–water partition coefficient (Wildman–Crippen LogP) is 1.41.